The Hall–Kier alpha value is -3.73. The quantitative estimate of drug-likeness (QED) is 0.380. The molecule has 3 aromatic carbocycles. The largest absolute Gasteiger partial charge is 0.497 e. The van der Waals surface area contributed by atoms with Gasteiger partial charge in [-0.25, -0.2) is 0 Å². The third-order valence-electron chi connectivity index (χ3n) is 6.60. The van der Waals surface area contributed by atoms with Crippen molar-refractivity contribution in [1.82, 2.24) is 9.47 Å². The molecule has 168 valence electrons. The zero-order valence-electron chi connectivity index (χ0n) is 19.5. The van der Waals surface area contributed by atoms with Crippen molar-refractivity contribution in [2.75, 3.05) is 20.8 Å². The van der Waals surface area contributed by atoms with E-state index in [1.165, 1.54) is 0 Å². The Morgan fingerprint density at radius 3 is 2.42 bits per heavy atom. The highest BCUT2D eigenvalue weighted by molar-refractivity contribution is 6.02. The molecule has 5 rings (SSSR count). The molecule has 5 nitrogen and oxygen atoms in total. The van der Waals surface area contributed by atoms with Gasteiger partial charge in [-0.3, -0.25) is 4.79 Å². The Bertz CT molecular complexity index is 1350. The molecule has 1 aromatic heterocycles. The zero-order valence-corrected chi connectivity index (χ0v) is 19.5. The molecule has 1 atom stereocenters. The van der Waals surface area contributed by atoms with E-state index in [2.05, 4.69) is 48.9 Å². The molecule has 0 unspecified atom stereocenters. The number of carbonyl (C=O) groups is 1. The number of amides is 1. The second-order valence-corrected chi connectivity index (χ2v) is 8.39. The van der Waals surface area contributed by atoms with E-state index in [-0.39, 0.29) is 11.9 Å². The van der Waals surface area contributed by atoms with Crippen molar-refractivity contribution < 1.29 is 14.3 Å². The van der Waals surface area contributed by atoms with Crippen molar-refractivity contribution in [3.05, 3.63) is 83.4 Å². The molecular weight excluding hydrogens is 412 g/mol. The van der Waals surface area contributed by atoms with Gasteiger partial charge < -0.3 is 18.9 Å². The number of benzene rings is 3. The lowest BCUT2D eigenvalue weighted by Crippen LogP contribution is -2.29. The highest BCUT2D eigenvalue weighted by Crippen LogP contribution is 2.48. The number of aryl methyl sites for hydroxylation is 1. The SMILES string of the molecule is CCCN1C(=O)c2ccccc2[C@H]1c1c(-c2cc(OC)ccc2OC)n(C)c2ccccc12. The maximum Gasteiger partial charge on any atom is 0.255 e. The maximum absolute atomic E-state index is 13.5. The fourth-order valence-corrected chi connectivity index (χ4v) is 5.18. The van der Waals surface area contributed by atoms with Crippen LogP contribution in [0.2, 0.25) is 0 Å². The molecule has 1 amide bonds. The molecule has 4 aromatic rings. The van der Waals surface area contributed by atoms with Gasteiger partial charge in [-0.05, 0) is 42.3 Å². The van der Waals surface area contributed by atoms with Crippen LogP contribution in [-0.2, 0) is 7.05 Å². The van der Waals surface area contributed by atoms with Gasteiger partial charge in [-0.1, -0.05) is 43.3 Å². The Morgan fingerprint density at radius 2 is 1.67 bits per heavy atom. The topological polar surface area (TPSA) is 43.7 Å². The molecule has 0 fully saturated rings. The van der Waals surface area contributed by atoms with Crippen LogP contribution in [0.5, 0.6) is 11.5 Å². The first-order valence-electron chi connectivity index (χ1n) is 11.3. The van der Waals surface area contributed by atoms with E-state index in [1.54, 1.807) is 14.2 Å². The Labute approximate surface area is 194 Å². The van der Waals surface area contributed by atoms with Gasteiger partial charge >= 0.3 is 0 Å². The summed E-state index contributed by atoms with van der Waals surface area (Å²) in [4.78, 5) is 15.5. The number of methoxy groups -OCH3 is 2. The minimum Gasteiger partial charge on any atom is -0.497 e. The average molecular weight is 441 g/mol. The molecule has 33 heavy (non-hydrogen) atoms. The summed E-state index contributed by atoms with van der Waals surface area (Å²) in [5.74, 6) is 1.62. The number of fused-ring (bicyclic) bond motifs is 2. The molecule has 0 aliphatic carbocycles. The minimum absolute atomic E-state index is 0.0916. The van der Waals surface area contributed by atoms with Gasteiger partial charge in [0, 0.05) is 41.2 Å². The predicted molar refractivity (Wildman–Crippen MR) is 131 cm³/mol. The van der Waals surface area contributed by atoms with Crippen LogP contribution in [0.1, 0.15) is 40.9 Å². The van der Waals surface area contributed by atoms with Gasteiger partial charge in [0.2, 0.25) is 0 Å². The molecule has 0 saturated carbocycles. The van der Waals surface area contributed by atoms with Crippen LogP contribution in [0.4, 0.5) is 0 Å². The van der Waals surface area contributed by atoms with Crippen molar-refractivity contribution in [3.63, 3.8) is 0 Å². The summed E-state index contributed by atoms with van der Waals surface area (Å²) in [6, 6.07) is 22.1. The van der Waals surface area contributed by atoms with Crippen molar-refractivity contribution >= 4 is 16.8 Å². The summed E-state index contributed by atoms with van der Waals surface area (Å²) < 4.78 is 13.5. The first kappa shape index (κ1) is 21.1. The van der Waals surface area contributed by atoms with E-state index in [4.69, 9.17) is 9.47 Å². The average Bonchev–Trinajstić information content (AvgIpc) is 3.30. The van der Waals surface area contributed by atoms with E-state index in [9.17, 15) is 4.79 Å². The summed E-state index contributed by atoms with van der Waals surface area (Å²) in [5, 5.41) is 1.13. The highest BCUT2D eigenvalue weighted by Gasteiger charge is 2.40. The number of hydrogen-bond acceptors (Lipinski definition) is 3. The van der Waals surface area contributed by atoms with Crippen molar-refractivity contribution in [1.29, 1.82) is 0 Å². The van der Waals surface area contributed by atoms with Gasteiger partial charge in [0.05, 0.1) is 26.0 Å². The summed E-state index contributed by atoms with van der Waals surface area (Å²) in [5.41, 5.74) is 6.04. The third-order valence-corrected chi connectivity index (χ3v) is 6.60. The number of ether oxygens (including phenoxy) is 2. The number of nitrogens with zero attached hydrogens (tertiary/aromatic N) is 2. The predicted octanol–water partition coefficient (Wildman–Crippen LogP) is 5.82. The smallest absolute Gasteiger partial charge is 0.255 e. The first-order valence-corrected chi connectivity index (χ1v) is 11.3. The third kappa shape index (κ3) is 3.18. The summed E-state index contributed by atoms with van der Waals surface area (Å²) in [7, 11) is 5.43. The lowest BCUT2D eigenvalue weighted by Gasteiger charge is -2.27. The maximum atomic E-state index is 13.5. The van der Waals surface area contributed by atoms with E-state index in [0.717, 1.165) is 56.8 Å². The first-order chi connectivity index (χ1) is 16.1. The molecule has 5 heteroatoms. The van der Waals surface area contributed by atoms with E-state index in [0.29, 0.717) is 6.54 Å². The molecular formula is C28H28N2O3. The number of carbonyl (C=O) groups excluding carboxylic acids is 1. The van der Waals surface area contributed by atoms with Crippen molar-refractivity contribution in [2.24, 2.45) is 7.05 Å². The monoisotopic (exact) mass is 440 g/mol. The number of aromatic nitrogens is 1. The molecule has 0 bridgehead atoms. The Morgan fingerprint density at radius 1 is 0.909 bits per heavy atom. The van der Waals surface area contributed by atoms with Crippen molar-refractivity contribution in [2.45, 2.75) is 19.4 Å². The molecule has 0 spiro atoms. The molecule has 0 radical (unpaired) electrons. The highest BCUT2D eigenvalue weighted by atomic mass is 16.5. The zero-order chi connectivity index (χ0) is 23.1. The Kier molecular flexibility index (Phi) is 5.33. The van der Waals surface area contributed by atoms with Gasteiger partial charge in [-0.2, -0.15) is 0 Å². The van der Waals surface area contributed by atoms with Gasteiger partial charge in [-0.15, -0.1) is 0 Å². The van der Waals surface area contributed by atoms with Crippen LogP contribution in [0.3, 0.4) is 0 Å². The van der Waals surface area contributed by atoms with Gasteiger partial charge in [0.25, 0.3) is 5.91 Å². The number of hydrogen-bond donors (Lipinski definition) is 0. The second-order valence-electron chi connectivity index (χ2n) is 8.39. The molecule has 1 aliphatic rings. The van der Waals surface area contributed by atoms with Crippen LogP contribution >= 0.6 is 0 Å². The van der Waals surface area contributed by atoms with Crippen LogP contribution in [-0.4, -0.2) is 36.1 Å². The standard InChI is InChI=1S/C28H28N2O3/c1-5-16-30-27(19-10-6-7-11-20(19)28(30)31)25-21-12-8-9-13-23(21)29(2)26(25)22-17-18(32-3)14-15-24(22)33-4/h6-15,17,27H,5,16H2,1-4H3/t27-/m0/s1. The Balaban J connectivity index is 1.88. The van der Waals surface area contributed by atoms with Crippen LogP contribution in [0, 0.1) is 0 Å². The molecule has 0 N–H and O–H groups in total. The van der Waals surface area contributed by atoms with Gasteiger partial charge in [0.15, 0.2) is 0 Å². The van der Waals surface area contributed by atoms with E-state index >= 15 is 0 Å². The fraction of sp³-hybridized carbons (Fsp3) is 0.250. The summed E-state index contributed by atoms with van der Waals surface area (Å²) in [6.07, 6.45) is 0.888. The van der Waals surface area contributed by atoms with Crippen molar-refractivity contribution in [3.8, 4) is 22.8 Å². The molecule has 1 aliphatic heterocycles. The lowest BCUT2D eigenvalue weighted by molar-refractivity contribution is 0.0751. The number of rotatable bonds is 6. The van der Waals surface area contributed by atoms with Crippen LogP contribution in [0.15, 0.2) is 66.7 Å². The minimum atomic E-state index is -0.175. The van der Waals surface area contributed by atoms with E-state index < -0.39 is 0 Å². The summed E-state index contributed by atoms with van der Waals surface area (Å²) >= 11 is 0. The lowest BCUT2D eigenvalue weighted by atomic mass is 9.92. The number of para-hydroxylation sites is 1. The fourth-order valence-electron chi connectivity index (χ4n) is 5.18. The van der Waals surface area contributed by atoms with Crippen LogP contribution in [0.25, 0.3) is 22.2 Å². The normalized spacial score (nSPS) is 15.2. The van der Waals surface area contributed by atoms with Crippen LogP contribution < -0.4 is 9.47 Å². The molecule has 2 heterocycles. The van der Waals surface area contributed by atoms with Gasteiger partial charge in [0.1, 0.15) is 11.5 Å². The second kappa shape index (κ2) is 8.32. The summed E-state index contributed by atoms with van der Waals surface area (Å²) in [6.45, 7) is 2.80. The molecule has 0 saturated heterocycles. The van der Waals surface area contributed by atoms with E-state index in [1.807, 2.05) is 41.3 Å².